The van der Waals surface area contributed by atoms with Crippen LogP contribution < -0.4 is 16.0 Å². The molecule has 5 aromatic rings. The van der Waals surface area contributed by atoms with Gasteiger partial charge in [0.05, 0.1) is 27.0 Å². The minimum atomic E-state index is -5.02. The van der Waals surface area contributed by atoms with Crippen LogP contribution in [0, 0.1) is 6.92 Å². The molecule has 21 nitrogen and oxygen atoms in total. The molecule has 0 fully saturated rings. The van der Waals surface area contributed by atoms with Gasteiger partial charge in [0.2, 0.25) is 17.2 Å². The van der Waals surface area contributed by atoms with Crippen LogP contribution in [0.4, 0.5) is 34.6 Å². The number of aromatic nitrogens is 3. The maximum atomic E-state index is 12.7. The number of fused-ring (bicyclic) bond motifs is 1. The van der Waals surface area contributed by atoms with Gasteiger partial charge in [-0.25, -0.2) is 8.42 Å². The summed E-state index contributed by atoms with van der Waals surface area (Å²) in [5, 5.41) is 25.8. The van der Waals surface area contributed by atoms with Gasteiger partial charge < -0.3 is 34.7 Å². The second kappa shape index (κ2) is 17.2. The number of phenolic OH excluding ortho intramolecular Hbond substituents is 1. The zero-order valence-corrected chi connectivity index (χ0v) is 34.0. The summed E-state index contributed by atoms with van der Waals surface area (Å²) in [7, 11) is -18.2. The lowest BCUT2D eigenvalue weighted by Gasteiger charge is -2.23. The average molecular weight is 922 g/mol. The van der Waals surface area contributed by atoms with Crippen LogP contribution in [0.15, 0.2) is 85.6 Å². The lowest BCUT2D eigenvalue weighted by Crippen LogP contribution is -2.30. The molecule has 0 aliphatic heterocycles. The van der Waals surface area contributed by atoms with Crippen LogP contribution >= 0.6 is 34.1 Å². The first-order chi connectivity index (χ1) is 26.9. The van der Waals surface area contributed by atoms with Crippen LogP contribution in [0.3, 0.4) is 0 Å². The number of phenols is 1. The predicted molar refractivity (Wildman–Crippen MR) is 214 cm³/mol. The van der Waals surface area contributed by atoms with Gasteiger partial charge in [0.25, 0.3) is 26.1 Å². The maximum absolute atomic E-state index is 12.7. The average Bonchev–Trinajstić information content (AvgIpc) is 3.10. The molecular formula is C31H30Cl2N8O13S4. The first-order valence-electron chi connectivity index (χ1n) is 15.9. The van der Waals surface area contributed by atoms with E-state index in [4.69, 9.17) is 23.2 Å². The molecule has 5 rings (SSSR count). The fourth-order valence-electron chi connectivity index (χ4n) is 5.12. The van der Waals surface area contributed by atoms with E-state index in [1.807, 2.05) is 0 Å². The number of amides is 1. The Morgan fingerprint density at radius 2 is 1.48 bits per heavy atom. The van der Waals surface area contributed by atoms with Crippen molar-refractivity contribution < 1.29 is 57.9 Å². The molecule has 0 saturated carbocycles. The van der Waals surface area contributed by atoms with Gasteiger partial charge in [0.15, 0.2) is 15.6 Å². The Hall–Kier alpha value is -4.80. The smallest absolute Gasteiger partial charge is 0.296 e. The molecule has 1 amide bonds. The van der Waals surface area contributed by atoms with Crippen molar-refractivity contribution in [2.75, 3.05) is 34.6 Å². The number of aromatic hydroxyl groups is 1. The normalized spacial score (nSPS) is 12.8. The highest BCUT2D eigenvalue weighted by Gasteiger charge is 2.28. The standard InChI is InChI=1S/C31H30Cl2N8O13S4/c1-16-5-6-21(23(11-16)57(49,50)51)40-41-26-24(58(52,53)54)14-18-13-20(56(46,47)48)15-22(25(18)27(26)42)36-31-38-29(33)37-30(39-31)35-19-4-2-3-17(12-19)28(43)34-8-10-55(44,45)9-7-32/h2-6,11-15,42,52-54H,7-10H2,1H3,(H,34,43)(H,46,47,48)(H,49,50,51)(H2,35,36,37,38,39). The summed E-state index contributed by atoms with van der Waals surface area (Å²) in [6, 6.07) is 11.9. The number of aryl methyl sites for hydroxylation is 1. The second-order valence-corrected chi connectivity index (χ2v) is 19.3. The van der Waals surface area contributed by atoms with Crippen LogP contribution in [-0.2, 0) is 30.1 Å². The quantitative estimate of drug-likeness (QED) is 0.0327. The molecule has 0 radical (unpaired) electrons. The minimum Gasteiger partial charge on any atom is -0.505 e. The van der Waals surface area contributed by atoms with Crippen molar-refractivity contribution in [1.82, 2.24) is 20.3 Å². The lowest BCUT2D eigenvalue weighted by atomic mass is 10.1. The minimum absolute atomic E-state index is 0.0895. The molecule has 0 spiro atoms. The number of halogens is 2. The van der Waals surface area contributed by atoms with Gasteiger partial charge in [-0.1, -0.05) is 12.1 Å². The summed E-state index contributed by atoms with van der Waals surface area (Å²) >= 11 is 11.7. The second-order valence-electron chi connectivity index (χ2n) is 12.0. The Labute approximate surface area is 341 Å². The first-order valence-corrected chi connectivity index (χ1v) is 23.0. The van der Waals surface area contributed by atoms with Crippen molar-refractivity contribution in [2.24, 2.45) is 10.2 Å². The number of carbonyl (C=O) groups is 1. The van der Waals surface area contributed by atoms with Crippen LogP contribution in [0.5, 0.6) is 5.75 Å². The van der Waals surface area contributed by atoms with E-state index in [1.54, 1.807) is 0 Å². The molecule has 0 aliphatic rings. The maximum Gasteiger partial charge on any atom is 0.296 e. The summed E-state index contributed by atoms with van der Waals surface area (Å²) in [6.45, 7) is 1.34. The molecule has 0 aliphatic carbocycles. The third kappa shape index (κ3) is 11.0. The number of nitrogens with zero attached hydrogens (tertiary/aromatic N) is 5. The summed E-state index contributed by atoms with van der Waals surface area (Å²) in [4.78, 5) is 22.4. The molecule has 0 unspecified atom stereocenters. The number of azo groups is 1. The highest BCUT2D eigenvalue weighted by molar-refractivity contribution is 8.19. The van der Waals surface area contributed by atoms with Crippen molar-refractivity contribution in [3.8, 4) is 5.75 Å². The van der Waals surface area contributed by atoms with Crippen LogP contribution in [0.2, 0.25) is 5.28 Å². The number of sulfone groups is 1. The Morgan fingerprint density at radius 3 is 2.12 bits per heavy atom. The monoisotopic (exact) mass is 920 g/mol. The molecule has 310 valence electrons. The van der Waals surface area contributed by atoms with Crippen LogP contribution in [0.1, 0.15) is 15.9 Å². The fourth-order valence-corrected chi connectivity index (χ4v) is 8.77. The van der Waals surface area contributed by atoms with Crippen LogP contribution in [0.25, 0.3) is 10.8 Å². The fraction of sp³-hybridized carbons (Fsp3) is 0.161. The third-order valence-corrected chi connectivity index (χ3v) is 12.5. The van der Waals surface area contributed by atoms with Crippen molar-refractivity contribution in [1.29, 1.82) is 0 Å². The molecule has 1 heterocycles. The van der Waals surface area contributed by atoms with E-state index < -0.39 is 95.6 Å². The van der Waals surface area contributed by atoms with Gasteiger partial charge in [-0.15, -0.1) is 21.8 Å². The van der Waals surface area contributed by atoms with E-state index in [2.05, 4.69) is 41.1 Å². The van der Waals surface area contributed by atoms with Gasteiger partial charge in [0, 0.05) is 29.1 Å². The number of alkyl halides is 1. The number of hydrogen-bond donors (Lipinski definition) is 9. The molecular weight excluding hydrogens is 892 g/mol. The number of hydrogen-bond acceptors (Lipinski definition) is 18. The first kappa shape index (κ1) is 44.3. The number of carbonyl (C=O) groups excluding carboxylic acids is 1. The van der Waals surface area contributed by atoms with E-state index in [1.165, 1.54) is 37.3 Å². The number of anilines is 4. The molecule has 58 heavy (non-hydrogen) atoms. The summed E-state index contributed by atoms with van der Waals surface area (Å²) < 4.78 is 123. The highest BCUT2D eigenvalue weighted by Crippen LogP contribution is 2.55. The van der Waals surface area contributed by atoms with Crippen molar-refractivity contribution in [3.63, 3.8) is 0 Å². The summed E-state index contributed by atoms with van der Waals surface area (Å²) in [5.41, 5.74) is -0.957. The van der Waals surface area contributed by atoms with E-state index in [0.29, 0.717) is 5.56 Å². The molecule has 0 atom stereocenters. The molecule has 27 heteroatoms. The van der Waals surface area contributed by atoms with Crippen molar-refractivity contribution in [3.05, 3.63) is 77.1 Å². The van der Waals surface area contributed by atoms with Gasteiger partial charge in [-0.05, 0) is 78.0 Å². The SMILES string of the molecule is Cc1ccc(N=Nc2c(S(O)(O)O)cc3cc(S(=O)(=O)O)cc(Nc4nc(Cl)nc(Nc5cccc(C(=O)NCCS(=O)(=O)CCCl)c5)n4)c3c2O)c(S(=O)(=O)O)c1. The van der Waals surface area contributed by atoms with Gasteiger partial charge >= 0.3 is 0 Å². The van der Waals surface area contributed by atoms with Crippen molar-refractivity contribution in [2.45, 2.75) is 21.6 Å². The van der Waals surface area contributed by atoms with Crippen molar-refractivity contribution >= 4 is 115 Å². The number of rotatable bonds is 15. The molecule has 9 N–H and O–H groups in total. The molecule has 1 aromatic heterocycles. The Balaban J connectivity index is 1.56. The molecule has 4 aromatic carbocycles. The van der Waals surface area contributed by atoms with Gasteiger partial charge in [-0.3, -0.25) is 13.9 Å². The third-order valence-electron chi connectivity index (χ3n) is 7.69. The summed E-state index contributed by atoms with van der Waals surface area (Å²) in [6.07, 6.45) is 0. The zero-order chi connectivity index (χ0) is 42.8. The summed E-state index contributed by atoms with van der Waals surface area (Å²) in [5.74, 6) is -2.93. The van der Waals surface area contributed by atoms with E-state index in [9.17, 15) is 57.9 Å². The number of benzene rings is 4. The topological polar surface area (TPSA) is 340 Å². The highest BCUT2D eigenvalue weighted by atomic mass is 35.5. The zero-order valence-electron chi connectivity index (χ0n) is 29.3. The number of nitrogens with one attached hydrogen (secondary N) is 3. The Kier molecular flexibility index (Phi) is 13.1. The predicted octanol–water partition coefficient (Wildman–Crippen LogP) is 6.05. The van der Waals surface area contributed by atoms with E-state index in [0.717, 1.165) is 30.3 Å². The molecule has 0 saturated heterocycles. The van der Waals surface area contributed by atoms with Gasteiger partial charge in [-0.2, -0.15) is 31.8 Å². The molecule has 0 bridgehead atoms. The lowest BCUT2D eigenvalue weighted by molar-refractivity contribution is 0.0956. The Morgan fingerprint density at radius 1 is 0.793 bits per heavy atom. The van der Waals surface area contributed by atoms with E-state index in [-0.39, 0.29) is 51.9 Å². The van der Waals surface area contributed by atoms with Crippen LogP contribution in [-0.4, -0.2) is 97.9 Å². The van der Waals surface area contributed by atoms with E-state index >= 15 is 0 Å². The largest absolute Gasteiger partial charge is 0.505 e. The van der Waals surface area contributed by atoms with Gasteiger partial charge in [0.1, 0.15) is 27.1 Å². The Bertz CT molecular complexity index is 2810.